The number of halogens is 4. The Bertz CT molecular complexity index is 645. The summed E-state index contributed by atoms with van der Waals surface area (Å²) in [6.07, 6.45) is -2.73. The lowest BCUT2D eigenvalue weighted by atomic mass is 10.1. The predicted octanol–water partition coefficient (Wildman–Crippen LogP) is 4.39. The molecule has 112 valence electrons. The molecule has 0 unspecified atom stereocenters. The molecule has 1 N–H and O–H groups in total. The summed E-state index contributed by atoms with van der Waals surface area (Å²) in [5, 5.41) is 5.31. The van der Waals surface area contributed by atoms with Crippen molar-refractivity contribution in [3.8, 4) is 10.6 Å². The average Bonchev–Trinajstić information content (AvgIpc) is 3.08. The van der Waals surface area contributed by atoms with Gasteiger partial charge >= 0.3 is 6.18 Å². The molecule has 2 nitrogen and oxygen atoms in total. The number of thiazole rings is 1. The molecule has 2 aromatic rings. The summed E-state index contributed by atoms with van der Waals surface area (Å²) in [7, 11) is 0. The quantitative estimate of drug-likeness (QED) is 0.831. The van der Waals surface area contributed by atoms with Crippen LogP contribution >= 0.6 is 11.3 Å². The Balaban J connectivity index is 1.97. The molecule has 3 rings (SSSR count). The first-order chi connectivity index (χ1) is 9.97. The minimum atomic E-state index is -4.70. The van der Waals surface area contributed by atoms with Crippen LogP contribution in [0.1, 0.15) is 30.1 Å². The summed E-state index contributed by atoms with van der Waals surface area (Å²) < 4.78 is 52.3. The van der Waals surface area contributed by atoms with E-state index in [2.05, 4.69) is 10.3 Å². The van der Waals surface area contributed by atoms with E-state index in [0.29, 0.717) is 0 Å². The first-order valence-electron chi connectivity index (χ1n) is 6.51. The Labute approximate surface area is 122 Å². The molecule has 1 atom stereocenters. The Morgan fingerprint density at radius 1 is 1.29 bits per heavy atom. The van der Waals surface area contributed by atoms with E-state index in [1.165, 1.54) is 12.1 Å². The van der Waals surface area contributed by atoms with E-state index in [9.17, 15) is 17.6 Å². The maximum Gasteiger partial charge on any atom is 0.419 e. The van der Waals surface area contributed by atoms with Crippen molar-refractivity contribution in [2.24, 2.45) is 0 Å². The predicted molar refractivity (Wildman–Crippen MR) is 72.5 cm³/mol. The van der Waals surface area contributed by atoms with Crippen molar-refractivity contribution in [2.45, 2.75) is 25.1 Å². The van der Waals surface area contributed by atoms with Gasteiger partial charge in [-0.1, -0.05) is 6.07 Å². The van der Waals surface area contributed by atoms with Crippen LogP contribution in [0.5, 0.6) is 0 Å². The molecule has 0 aliphatic carbocycles. The molecule has 0 radical (unpaired) electrons. The van der Waals surface area contributed by atoms with Crippen molar-refractivity contribution < 1.29 is 17.6 Å². The first-order valence-corrected chi connectivity index (χ1v) is 7.39. The largest absolute Gasteiger partial charge is 0.419 e. The number of alkyl halides is 3. The van der Waals surface area contributed by atoms with Crippen LogP contribution in [0.25, 0.3) is 10.6 Å². The molecule has 7 heteroatoms. The standard InChI is InChI=1S/C14H12F4N2S/c15-12-8(3-1-4-9(12)14(16,17)18)13-20-11(7-21-13)10-5-2-6-19-10/h1,3-4,7,10,19H,2,5-6H2/t10-/m0/s1. The zero-order valence-electron chi connectivity index (χ0n) is 10.9. The number of benzene rings is 1. The van der Waals surface area contributed by atoms with Gasteiger partial charge in [0, 0.05) is 10.9 Å². The van der Waals surface area contributed by atoms with Crippen molar-refractivity contribution in [1.82, 2.24) is 10.3 Å². The molecule has 21 heavy (non-hydrogen) atoms. The van der Waals surface area contributed by atoms with Gasteiger partial charge in [0.15, 0.2) is 0 Å². The number of nitrogens with one attached hydrogen (secondary N) is 1. The monoisotopic (exact) mass is 316 g/mol. The molecule has 1 aromatic carbocycles. The molecular weight excluding hydrogens is 304 g/mol. The molecule has 1 aliphatic heterocycles. The van der Waals surface area contributed by atoms with Crippen LogP contribution in [0.3, 0.4) is 0 Å². The third-order valence-electron chi connectivity index (χ3n) is 3.47. The van der Waals surface area contributed by atoms with Gasteiger partial charge in [-0.05, 0) is 31.5 Å². The van der Waals surface area contributed by atoms with Crippen molar-refractivity contribution in [3.05, 3.63) is 40.7 Å². The zero-order valence-corrected chi connectivity index (χ0v) is 11.7. The molecule has 0 amide bonds. The number of hydrogen-bond donors (Lipinski definition) is 1. The summed E-state index contributed by atoms with van der Waals surface area (Å²) in [6.45, 7) is 0.898. The highest BCUT2D eigenvalue weighted by Crippen LogP contribution is 2.37. The van der Waals surface area contributed by atoms with Crippen molar-refractivity contribution in [1.29, 1.82) is 0 Å². The van der Waals surface area contributed by atoms with Crippen LogP contribution in [0, 0.1) is 5.82 Å². The first kappa shape index (κ1) is 14.5. The summed E-state index contributed by atoms with van der Waals surface area (Å²) in [4.78, 5) is 4.30. The van der Waals surface area contributed by atoms with Gasteiger partial charge in [-0.15, -0.1) is 11.3 Å². The van der Waals surface area contributed by atoms with Crippen LogP contribution in [-0.4, -0.2) is 11.5 Å². The molecule has 1 aromatic heterocycles. The molecule has 1 aliphatic rings. The smallest absolute Gasteiger partial charge is 0.309 e. The van der Waals surface area contributed by atoms with Gasteiger partial charge in [0.05, 0.1) is 17.3 Å². The number of nitrogens with zero attached hydrogens (tertiary/aromatic N) is 1. The fraction of sp³-hybridized carbons (Fsp3) is 0.357. The lowest BCUT2D eigenvalue weighted by molar-refractivity contribution is -0.139. The number of rotatable bonds is 2. The van der Waals surface area contributed by atoms with Crippen LogP contribution < -0.4 is 5.32 Å². The SMILES string of the molecule is Fc1c(-c2nc([C@@H]3CCCN3)cs2)cccc1C(F)(F)F. The maximum atomic E-state index is 14.1. The summed E-state index contributed by atoms with van der Waals surface area (Å²) in [6, 6.07) is 3.39. The number of hydrogen-bond acceptors (Lipinski definition) is 3. The van der Waals surface area contributed by atoms with E-state index in [-0.39, 0.29) is 16.6 Å². The van der Waals surface area contributed by atoms with E-state index in [0.717, 1.165) is 42.5 Å². The highest BCUT2D eigenvalue weighted by atomic mass is 32.1. The average molecular weight is 316 g/mol. The van der Waals surface area contributed by atoms with Crippen molar-refractivity contribution >= 4 is 11.3 Å². The Morgan fingerprint density at radius 2 is 2.10 bits per heavy atom. The third kappa shape index (κ3) is 2.80. The third-order valence-corrected chi connectivity index (χ3v) is 4.37. The van der Waals surface area contributed by atoms with Gasteiger partial charge in [-0.25, -0.2) is 9.37 Å². The van der Waals surface area contributed by atoms with E-state index in [1.54, 1.807) is 5.38 Å². The second-order valence-corrected chi connectivity index (χ2v) is 5.75. The Hall–Kier alpha value is -1.47. The van der Waals surface area contributed by atoms with Crippen LogP contribution in [0.15, 0.2) is 23.6 Å². The minimum absolute atomic E-state index is 0.0981. The fourth-order valence-corrected chi connectivity index (χ4v) is 3.32. The van der Waals surface area contributed by atoms with Gasteiger partial charge in [-0.2, -0.15) is 13.2 Å². The van der Waals surface area contributed by atoms with Crippen LogP contribution in [0.2, 0.25) is 0 Å². The second-order valence-electron chi connectivity index (χ2n) is 4.89. The van der Waals surface area contributed by atoms with Gasteiger partial charge in [0.1, 0.15) is 10.8 Å². The highest BCUT2D eigenvalue weighted by Gasteiger charge is 2.35. The molecule has 0 spiro atoms. The molecule has 1 fully saturated rings. The van der Waals surface area contributed by atoms with E-state index < -0.39 is 17.6 Å². The second kappa shape index (κ2) is 5.38. The maximum absolute atomic E-state index is 14.1. The van der Waals surface area contributed by atoms with Gasteiger partial charge < -0.3 is 5.32 Å². The topological polar surface area (TPSA) is 24.9 Å². The summed E-state index contributed by atoms with van der Waals surface area (Å²) >= 11 is 1.16. The Morgan fingerprint density at radius 3 is 2.76 bits per heavy atom. The minimum Gasteiger partial charge on any atom is -0.309 e. The van der Waals surface area contributed by atoms with Crippen LogP contribution in [0.4, 0.5) is 17.6 Å². The molecule has 0 saturated carbocycles. The van der Waals surface area contributed by atoms with E-state index >= 15 is 0 Å². The van der Waals surface area contributed by atoms with Gasteiger partial charge in [-0.3, -0.25) is 0 Å². The normalized spacial score (nSPS) is 19.1. The molecule has 0 bridgehead atoms. The summed E-state index contributed by atoms with van der Waals surface area (Å²) in [5.74, 6) is -1.26. The lowest BCUT2D eigenvalue weighted by Gasteiger charge is -2.10. The zero-order chi connectivity index (χ0) is 15.0. The Kier molecular flexibility index (Phi) is 3.71. The molecular formula is C14H12F4N2S. The lowest BCUT2D eigenvalue weighted by Crippen LogP contribution is -2.13. The summed E-state index contributed by atoms with van der Waals surface area (Å²) in [5.41, 5.74) is -0.584. The van der Waals surface area contributed by atoms with E-state index in [4.69, 9.17) is 0 Å². The van der Waals surface area contributed by atoms with E-state index in [1.807, 2.05) is 0 Å². The number of aromatic nitrogens is 1. The van der Waals surface area contributed by atoms with Crippen LogP contribution in [-0.2, 0) is 6.18 Å². The molecule has 1 saturated heterocycles. The molecule has 2 heterocycles. The van der Waals surface area contributed by atoms with Crippen molar-refractivity contribution in [3.63, 3.8) is 0 Å². The highest BCUT2D eigenvalue weighted by molar-refractivity contribution is 7.13. The van der Waals surface area contributed by atoms with Gasteiger partial charge in [0.25, 0.3) is 0 Å². The fourth-order valence-electron chi connectivity index (χ4n) is 2.42. The van der Waals surface area contributed by atoms with Crippen molar-refractivity contribution in [2.75, 3.05) is 6.54 Å². The van der Waals surface area contributed by atoms with Gasteiger partial charge in [0.2, 0.25) is 0 Å².